The maximum absolute atomic E-state index is 12.1. The Hall–Kier alpha value is -1.14. The van der Waals surface area contributed by atoms with Crippen molar-refractivity contribution in [3.05, 3.63) is 11.6 Å². The molecule has 0 unspecified atom stereocenters. The number of aliphatic hydroxyl groups is 13. The molecular formula is C51H84O22. The van der Waals surface area contributed by atoms with Crippen LogP contribution in [0.1, 0.15) is 99.3 Å². The second kappa shape index (κ2) is 21.8. The Labute approximate surface area is 426 Å². The zero-order valence-corrected chi connectivity index (χ0v) is 42.7. The molecule has 0 aromatic rings. The lowest BCUT2D eigenvalue weighted by atomic mass is 9.47. The van der Waals surface area contributed by atoms with E-state index in [1.165, 1.54) is 19.4 Å². The first-order valence-corrected chi connectivity index (χ1v) is 26.8. The van der Waals surface area contributed by atoms with Gasteiger partial charge in [-0.2, -0.15) is 0 Å². The first kappa shape index (κ1) is 56.6. The Morgan fingerprint density at radius 2 is 1.23 bits per heavy atom. The molecule has 5 aliphatic heterocycles. The Bertz CT molecular complexity index is 1900. The molecule has 4 aliphatic carbocycles. The molecule has 9 aliphatic rings. The van der Waals surface area contributed by atoms with Gasteiger partial charge in [0.25, 0.3) is 0 Å². The van der Waals surface area contributed by atoms with Crippen LogP contribution in [0, 0.1) is 46.3 Å². The molecule has 0 aromatic heterocycles. The summed E-state index contributed by atoms with van der Waals surface area (Å²) in [5, 5.41) is 139. The fourth-order valence-electron chi connectivity index (χ4n) is 14.9. The SMILES string of the molecule is C[C@@H](CC[C@]1(O)O[C@@H]2C[C@@H]3[C@H]4CC=C5C[C@H](O[C@H]6O[C@@H](CO)[C@H](O[C@H]7O[C@H](C)[C@@H](O)[C@H](O)[C@@H]7O)[C@@H](O)[C@@H]6O[C@H]6O[C@H](C)[C@@H](O)[C@H](O)[C@@H]6O)CC[C@@]5(C)[C@@H]4CC[C@@]3(C)[C@@H]2[C@H]1C)CO[C@H]1O[C@@H](CO)[C@H](O)[C@@H](O)[C@@H]1O. The lowest BCUT2D eigenvalue weighted by molar-refractivity contribution is -0.388. The highest BCUT2D eigenvalue weighted by molar-refractivity contribution is 5.26. The zero-order chi connectivity index (χ0) is 52.8. The molecule has 0 radical (unpaired) electrons. The van der Waals surface area contributed by atoms with Crippen molar-refractivity contribution in [1.29, 1.82) is 0 Å². The summed E-state index contributed by atoms with van der Waals surface area (Å²) in [5.41, 5.74) is 1.07. The summed E-state index contributed by atoms with van der Waals surface area (Å²) in [4.78, 5) is 0. The molecule has 0 aromatic carbocycles. The fraction of sp³-hybridized carbons (Fsp3) is 0.961. The van der Waals surface area contributed by atoms with E-state index in [0.29, 0.717) is 43.4 Å². The first-order chi connectivity index (χ1) is 34.5. The van der Waals surface area contributed by atoms with Crippen molar-refractivity contribution >= 4 is 0 Å². The third-order valence-corrected chi connectivity index (χ3v) is 19.5. The minimum absolute atomic E-state index is 0.0589. The number of hydrogen-bond donors (Lipinski definition) is 13. The van der Waals surface area contributed by atoms with E-state index < -0.39 is 148 Å². The molecule has 22 heteroatoms. The smallest absolute Gasteiger partial charge is 0.187 e. The number of ether oxygens (including phenoxy) is 9. The highest BCUT2D eigenvalue weighted by atomic mass is 16.8. The van der Waals surface area contributed by atoms with Crippen LogP contribution < -0.4 is 0 Å². The average molecular weight is 1050 g/mol. The Kier molecular flexibility index (Phi) is 16.9. The maximum Gasteiger partial charge on any atom is 0.187 e. The lowest BCUT2D eigenvalue weighted by Crippen LogP contribution is -2.66. The number of aliphatic hydroxyl groups excluding tert-OH is 12. The van der Waals surface area contributed by atoms with Crippen LogP contribution in [0.4, 0.5) is 0 Å². The van der Waals surface area contributed by atoms with E-state index >= 15 is 0 Å². The molecular weight excluding hydrogens is 965 g/mol. The average Bonchev–Trinajstić information content (AvgIpc) is 3.80. The largest absolute Gasteiger partial charge is 0.394 e. The molecule has 420 valence electrons. The normalized spacial score (nSPS) is 55.5. The van der Waals surface area contributed by atoms with Gasteiger partial charge in [0.2, 0.25) is 0 Å². The molecule has 31 atom stereocenters. The molecule has 73 heavy (non-hydrogen) atoms. The van der Waals surface area contributed by atoms with Crippen LogP contribution >= 0.6 is 0 Å². The van der Waals surface area contributed by atoms with Crippen molar-refractivity contribution in [2.24, 2.45) is 46.3 Å². The van der Waals surface area contributed by atoms with E-state index in [0.717, 1.165) is 32.1 Å². The van der Waals surface area contributed by atoms with Gasteiger partial charge in [-0.05, 0) is 106 Å². The van der Waals surface area contributed by atoms with Gasteiger partial charge in [0, 0.05) is 12.3 Å². The van der Waals surface area contributed by atoms with Gasteiger partial charge >= 0.3 is 0 Å². The van der Waals surface area contributed by atoms with Gasteiger partial charge in [-0.25, -0.2) is 0 Å². The Morgan fingerprint density at radius 3 is 1.86 bits per heavy atom. The molecule has 22 nitrogen and oxygen atoms in total. The topological polar surface area (TPSA) is 346 Å². The summed E-state index contributed by atoms with van der Waals surface area (Å²) in [6, 6.07) is 0. The predicted octanol–water partition coefficient (Wildman–Crippen LogP) is -1.98. The first-order valence-electron chi connectivity index (χ1n) is 26.8. The van der Waals surface area contributed by atoms with Crippen molar-refractivity contribution in [2.75, 3.05) is 19.8 Å². The van der Waals surface area contributed by atoms with Crippen molar-refractivity contribution in [3.8, 4) is 0 Å². The molecule has 13 N–H and O–H groups in total. The lowest BCUT2D eigenvalue weighted by Gasteiger charge is -2.58. The Morgan fingerprint density at radius 1 is 0.644 bits per heavy atom. The summed E-state index contributed by atoms with van der Waals surface area (Å²) in [6.45, 7) is 10.7. The molecule has 0 amide bonds. The number of hydrogen-bond acceptors (Lipinski definition) is 22. The van der Waals surface area contributed by atoms with E-state index in [-0.39, 0.29) is 41.3 Å². The van der Waals surface area contributed by atoms with Crippen LogP contribution in [0.15, 0.2) is 11.6 Å². The summed E-state index contributed by atoms with van der Waals surface area (Å²) in [5.74, 6) is -0.232. The summed E-state index contributed by atoms with van der Waals surface area (Å²) in [7, 11) is 0. The van der Waals surface area contributed by atoms with Gasteiger partial charge in [0.05, 0.1) is 44.2 Å². The monoisotopic (exact) mass is 1050 g/mol. The van der Waals surface area contributed by atoms with Crippen LogP contribution in [0.25, 0.3) is 0 Å². The van der Waals surface area contributed by atoms with E-state index in [4.69, 9.17) is 42.6 Å². The summed E-state index contributed by atoms with van der Waals surface area (Å²) < 4.78 is 54.6. The fourth-order valence-corrected chi connectivity index (χ4v) is 14.9. The van der Waals surface area contributed by atoms with E-state index in [1.54, 1.807) is 0 Å². The van der Waals surface area contributed by atoms with Crippen LogP contribution in [-0.2, 0) is 42.6 Å². The number of allylic oxidation sites excluding steroid dienone is 1. The minimum Gasteiger partial charge on any atom is -0.394 e. The summed E-state index contributed by atoms with van der Waals surface area (Å²) in [6.07, 6.45) is -20.5. The Balaban J connectivity index is 0.846. The highest BCUT2D eigenvalue weighted by Crippen LogP contribution is 2.70. The van der Waals surface area contributed by atoms with Gasteiger partial charge in [0.1, 0.15) is 85.5 Å². The standard InChI is InChI=1S/C51H84O22/c1-20(19-65-45-39(60)38(59)35(56)30(17-52)69-45)9-14-51(64)21(2)32-29(73-51)16-28-26-8-7-24-15-25(10-12-49(24,5)27(26)11-13-50(28,32)6)68-48-44(72-47-41(62)37(58)34(55)23(4)67-47)42(63)43(31(18-53)70-48)71-46-40(61)36(57)33(54)22(3)66-46/h7,20-23,25-48,52-64H,8-19H2,1-6H3/t20-,21+,22+,23+,25+,26-,27+,28+,29+,30-,31-,32+,33+,34+,35-,36-,37-,38+,39-,40-,41-,42+,43-,44-,45-,46+,47+,48-,49+,50+,51-/m0/s1. The zero-order valence-electron chi connectivity index (χ0n) is 42.7. The van der Waals surface area contributed by atoms with Gasteiger partial charge in [-0.3, -0.25) is 0 Å². The van der Waals surface area contributed by atoms with Crippen molar-refractivity contribution in [2.45, 2.75) is 240 Å². The molecule has 3 saturated carbocycles. The second-order valence-corrected chi connectivity index (χ2v) is 23.8. The van der Waals surface area contributed by atoms with Crippen LogP contribution in [0.2, 0.25) is 0 Å². The van der Waals surface area contributed by atoms with Crippen LogP contribution in [0.5, 0.6) is 0 Å². The van der Waals surface area contributed by atoms with Crippen molar-refractivity contribution < 1.29 is 109 Å². The molecule has 5 saturated heterocycles. The molecule has 5 heterocycles. The molecule has 0 spiro atoms. The van der Waals surface area contributed by atoms with Crippen molar-refractivity contribution in [3.63, 3.8) is 0 Å². The quantitative estimate of drug-likeness (QED) is 0.0839. The van der Waals surface area contributed by atoms with Gasteiger partial charge in [-0.15, -0.1) is 0 Å². The van der Waals surface area contributed by atoms with E-state index in [9.17, 15) is 66.4 Å². The molecule has 0 bridgehead atoms. The minimum atomic E-state index is -1.75. The van der Waals surface area contributed by atoms with Gasteiger partial charge in [-0.1, -0.05) is 39.3 Å². The van der Waals surface area contributed by atoms with Gasteiger partial charge < -0.3 is 109 Å². The third-order valence-electron chi connectivity index (χ3n) is 19.5. The van der Waals surface area contributed by atoms with Crippen molar-refractivity contribution in [1.82, 2.24) is 0 Å². The van der Waals surface area contributed by atoms with Crippen LogP contribution in [-0.4, -0.2) is 227 Å². The second-order valence-electron chi connectivity index (χ2n) is 23.8. The van der Waals surface area contributed by atoms with Gasteiger partial charge in [0.15, 0.2) is 30.9 Å². The summed E-state index contributed by atoms with van der Waals surface area (Å²) >= 11 is 0. The number of fused-ring (bicyclic) bond motifs is 7. The van der Waals surface area contributed by atoms with E-state index in [1.807, 2.05) is 6.92 Å². The molecule has 9 rings (SSSR count). The van der Waals surface area contributed by atoms with Crippen LogP contribution in [0.3, 0.4) is 0 Å². The maximum atomic E-state index is 12.1. The highest BCUT2D eigenvalue weighted by Gasteiger charge is 2.68. The molecule has 8 fully saturated rings. The van der Waals surface area contributed by atoms with E-state index in [2.05, 4.69) is 26.8 Å². The number of rotatable bonds is 14. The third kappa shape index (κ3) is 10.2. The predicted molar refractivity (Wildman–Crippen MR) is 249 cm³/mol.